The molecule has 7 heteroatoms. The highest BCUT2D eigenvalue weighted by molar-refractivity contribution is 7.09. The number of hydrogen-bond donors (Lipinski definition) is 1. The van der Waals surface area contributed by atoms with Crippen LogP contribution in [0.2, 0.25) is 0 Å². The van der Waals surface area contributed by atoms with Gasteiger partial charge in [-0.1, -0.05) is 6.92 Å². The van der Waals surface area contributed by atoms with Gasteiger partial charge in [0.05, 0.1) is 42.2 Å². The highest BCUT2D eigenvalue weighted by Crippen LogP contribution is 2.22. The Labute approximate surface area is 134 Å². The molecule has 0 aliphatic carbocycles. The molecule has 0 spiro atoms. The molecule has 22 heavy (non-hydrogen) atoms. The lowest BCUT2D eigenvalue weighted by atomic mass is 10.3. The monoisotopic (exact) mass is 325 g/mol. The zero-order valence-corrected chi connectivity index (χ0v) is 13.9. The lowest BCUT2D eigenvalue weighted by Crippen LogP contribution is -2.40. The van der Waals surface area contributed by atoms with E-state index in [1.807, 2.05) is 0 Å². The molecule has 1 aromatic heterocycles. The van der Waals surface area contributed by atoms with Gasteiger partial charge in [0, 0.05) is 31.9 Å². The number of fused-ring (bicyclic) bond motifs is 1. The number of nitrogens with zero attached hydrogens (tertiary/aromatic N) is 2. The van der Waals surface area contributed by atoms with Gasteiger partial charge in [0.25, 0.3) is 0 Å². The number of nitrogens with one attached hydrogen (secondary N) is 1. The number of carbonyl (C=O) groups excluding carboxylic acids is 1. The van der Waals surface area contributed by atoms with E-state index < -0.39 is 0 Å². The minimum atomic E-state index is -0.0406. The second-order valence-corrected chi connectivity index (χ2v) is 6.86. The van der Waals surface area contributed by atoms with Gasteiger partial charge < -0.3 is 14.8 Å². The number of carbonyl (C=O) groups is 1. The van der Waals surface area contributed by atoms with Crippen molar-refractivity contribution in [3.05, 3.63) is 16.1 Å². The smallest absolute Gasteiger partial charge is 0.217 e. The van der Waals surface area contributed by atoms with Crippen LogP contribution < -0.4 is 5.32 Å². The van der Waals surface area contributed by atoms with E-state index in [-0.39, 0.29) is 24.2 Å². The van der Waals surface area contributed by atoms with Crippen LogP contribution in [0, 0.1) is 0 Å². The fourth-order valence-electron chi connectivity index (χ4n) is 2.98. The van der Waals surface area contributed by atoms with Crippen molar-refractivity contribution in [1.29, 1.82) is 0 Å². The fourth-order valence-corrected chi connectivity index (χ4v) is 3.72. The number of hydrogen-bond acceptors (Lipinski definition) is 6. The van der Waals surface area contributed by atoms with Crippen molar-refractivity contribution in [2.24, 2.45) is 0 Å². The zero-order valence-electron chi connectivity index (χ0n) is 13.1. The maximum Gasteiger partial charge on any atom is 0.217 e. The van der Waals surface area contributed by atoms with Gasteiger partial charge in [-0.2, -0.15) is 0 Å². The first kappa shape index (κ1) is 15.9. The maximum atomic E-state index is 11.1. The quantitative estimate of drug-likeness (QED) is 0.887. The Morgan fingerprint density at radius 3 is 2.64 bits per heavy atom. The number of amides is 1. The summed E-state index contributed by atoms with van der Waals surface area (Å²) in [6.07, 6.45) is 1.17. The molecule has 2 saturated heterocycles. The molecule has 2 aliphatic rings. The van der Waals surface area contributed by atoms with Crippen LogP contribution in [0.15, 0.2) is 5.38 Å². The van der Waals surface area contributed by atoms with E-state index in [1.165, 1.54) is 11.9 Å². The second kappa shape index (κ2) is 7.04. The summed E-state index contributed by atoms with van der Waals surface area (Å²) < 4.78 is 11.9. The summed E-state index contributed by atoms with van der Waals surface area (Å²) in [6.45, 7) is 7.25. The maximum absolute atomic E-state index is 11.1. The number of rotatable bonds is 4. The minimum absolute atomic E-state index is 0.0396. The van der Waals surface area contributed by atoms with Crippen molar-refractivity contribution in [1.82, 2.24) is 15.2 Å². The predicted molar refractivity (Wildman–Crippen MR) is 83.9 cm³/mol. The average molecular weight is 325 g/mol. The van der Waals surface area contributed by atoms with Gasteiger partial charge in [-0.05, 0) is 6.42 Å². The summed E-state index contributed by atoms with van der Waals surface area (Å²) in [5, 5.41) is 6.19. The fraction of sp³-hybridized carbons (Fsp3) is 0.733. The minimum Gasteiger partial charge on any atom is -0.372 e. The molecule has 3 rings (SSSR count). The Kier molecular flexibility index (Phi) is 5.07. The Hall–Kier alpha value is -1.02. The Morgan fingerprint density at radius 2 is 2.09 bits per heavy atom. The summed E-state index contributed by atoms with van der Waals surface area (Å²) in [7, 11) is 0. The first-order valence-corrected chi connectivity index (χ1v) is 8.68. The van der Waals surface area contributed by atoms with Gasteiger partial charge in [-0.15, -0.1) is 11.3 Å². The Morgan fingerprint density at radius 1 is 1.41 bits per heavy atom. The van der Waals surface area contributed by atoms with Crippen molar-refractivity contribution in [3.8, 4) is 0 Å². The molecule has 1 amide bonds. The topological polar surface area (TPSA) is 63.7 Å². The Balaban J connectivity index is 1.52. The molecule has 2 aliphatic heterocycles. The van der Waals surface area contributed by atoms with Crippen LogP contribution in [-0.4, -0.2) is 60.3 Å². The molecule has 6 nitrogen and oxygen atoms in total. The van der Waals surface area contributed by atoms with E-state index in [4.69, 9.17) is 9.47 Å². The van der Waals surface area contributed by atoms with Gasteiger partial charge in [-0.25, -0.2) is 4.98 Å². The van der Waals surface area contributed by atoms with Crippen LogP contribution >= 0.6 is 11.3 Å². The largest absolute Gasteiger partial charge is 0.372 e. The third kappa shape index (κ3) is 3.84. The molecule has 1 N–H and O–H groups in total. The standard InChI is InChI=1S/C15H23N3O3S/c1-3-15-17-11(9-22-15)4-18-5-13-14(6-18)21-8-12(7-20-13)16-10(2)19/h9,12-14H,3-8H2,1-2H3,(H,16,19)/t13-,14-/m0/s1. The van der Waals surface area contributed by atoms with E-state index in [2.05, 4.69) is 27.5 Å². The van der Waals surface area contributed by atoms with Crippen LogP contribution in [0.25, 0.3) is 0 Å². The summed E-state index contributed by atoms with van der Waals surface area (Å²) >= 11 is 1.73. The van der Waals surface area contributed by atoms with Gasteiger partial charge in [0.15, 0.2) is 0 Å². The van der Waals surface area contributed by atoms with Crippen molar-refractivity contribution in [3.63, 3.8) is 0 Å². The molecule has 0 saturated carbocycles. The summed E-state index contributed by atoms with van der Waals surface area (Å²) in [5.74, 6) is -0.0406. The lowest BCUT2D eigenvalue weighted by Gasteiger charge is -2.17. The van der Waals surface area contributed by atoms with E-state index in [9.17, 15) is 4.79 Å². The molecular formula is C15H23N3O3S. The molecule has 2 fully saturated rings. The first-order valence-electron chi connectivity index (χ1n) is 7.80. The third-order valence-corrected chi connectivity index (χ3v) is 5.05. The lowest BCUT2D eigenvalue weighted by molar-refractivity contribution is -0.120. The number of aromatic nitrogens is 1. The van der Waals surface area contributed by atoms with E-state index in [0.717, 1.165) is 31.7 Å². The van der Waals surface area contributed by atoms with Crippen LogP contribution in [0.5, 0.6) is 0 Å². The normalized spacial score (nSPS) is 26.6. The summed E-state index contributed by atoms with van der Waals surface area (Å²) in [5.41, 5.74) is 1.13. The highest BCUT2D eigenvalue weighted by Gasteiger charge is 2.37. The van der Waals surface area contributed by atoms with E-state index >= 15 is 0 Å². The molecule has 0 unspecified atom stereocenters. The van der Waals surface area contributed by atoms with Gasteiger partial charge in [-0.3, -0.25) is 9.69 Å². The number of ether oxygens (including phenoxy) is 2. The molecule has 122 valence electrons. The molecule has 2 atom stereocenters. The van der Waals surface area contributed by atoms with Gasteiger partial charge in [0.1, 0.15) is 0 Å². The van der Waals surface area contributed by atoms with Gasteiger partial charge >= 0.3 is 0 Å². The van der Waals surface area contributed by atoms with Gasteiger partial charge in [0.2, 0.25) is 5.91 Å². The summed E-state index contributed by atoms with van der Waals surface area (Å²) in [4.78, 5) is 18.1. The van der Waals surface area contributed by atoms with Crippen molar-refractivity contribution in [2.75, 3.05) is 26.3 Å². The Bertz CT molecular complexity index is 506. The molecule has 0 radical (unpaired) electrons. The molecule has 0 aromatic carbocycles. The SMILES string of the molecule is CCc1nc(CN2C[C@@H]3OCC(NC(C)=O)CO[C@H]3C2)cs1. The van der Waals surface area contributed by atoms with Crippen LogP contribution in [0.3, 0.4) is 0 Å². The number of likely N-dealkylation sites (tertiary alicyclic amines) is 1. The number of aryl methyl sites for hydroxylation is 1. The molecule has 1 aromatic rings. The van der Waals surface area contributed by atoms with Crippen LogP contribution in [-0.2, 0) is 27.2 Å². The van der Waals surface area contributed by atoms with Crippen molar-refractivity contribution in [2.45, 2.75) is 45.1 Å². The van der Waals surface area contributed by atoms with E-state index in [0.29, 0.717) is 13.2 Å². The average Bonchev–Trinajstić information content (AvgIpc) is 3.04. The van der Waals surface area contributed by atoms with E-state index in [1.54, 1.807) is 11.3 Å². The first-order chi connectivity index (χ1) is 10.6. The van der Waals surface area contributed by atoms with Crippen molar-refractivity contribution < 1.29 is 14.3 Å². The predicted octanol–water partition coefficient (Wildman–Crippen LogP) is 0.810. The molecule has 0 bridgehead atoms. The molecular weight excluding hydrogens is 302 g/mol. The van der Waals surface area contributed by atoms with Crippen molar-refractivity contribution >= 4 is 17.2 Å². The zero-order chi connectivity index (χ0) is 15.5. The second-order valence-electron chi connectivity index (χ2n) is 5.92. The summed E-state index contributed by atoms with van der Waals surface area (Å²) in [6, 6.07) is -0.0396. The third-order valence-electron chi connectivity index (χ3n) is 4.01. The molecule has 3 heterocycles. The highest BCUT2D eigenvalue weighted by atomic mass is 32.1. The van der Waals surface area contributed by atoms with Crippen LogP contribution in [0.1, 0.15) is 24.5 Å². The number of thiazole rings is 1. The van der Waals surface area contributed by atoms with Crippen LogP contribution in [0.4, 0.5) is 0 Å².